The van der Waals surface area contributed by atoms with Crippen molar-refractivity contribution < 1.29 is 4.39 Å². The van der Waals surface area contributed by atoms with Gasteiger partial charge in [-0.1, -0.05) is 35.9 Å². The second-order valence-electron chi connectivity index (χ2n) is 4.73. The molecule has 18 heavy (non-hydrogen) atoms. The standard InChI is InChI=1S/C15H15ClFN/c1-15(18,12-5-3-6-13(16)9-12)10-11-4-2-7-14(17)8-11/h2-9H,10,18H2,1H3. The summed E-state index contributed by atoms with van der Waals surface area (Å²) in [5.74, 6) is -0.241. The average molecular weight is 264 g/mol. The Morgan fingerprint density at radius 3 is 2.56 bits per heavy atom. The molecule has 0 spiro atoms. The van der Waals surface area contributed by atoms with Crippen molar-refractivity contribution in [2.45, 2.75) is 18.9 Å². The number of benzene rings is 2. The highest BCUT2D eigenvalue weighted by Gasteiger charge is 2.22. The minimum absolute atomic E-state index is 0.241. The van der Waals surface area contributed by atoms with E-state index in [0.29, 0.717) is 11.4 Å². The first-order valence-corrected chi connectivity index (χ1v) is 6.14. The highest BCUT2D eigenvalue weighted by atomic mass is 35.5. The SMILES string of the molecule is CC(N)(Cc1cccc(F)c1)c1cccc(Cl)c1. The summed E-state index contributed by atoms with van der Waals surface area (Å²) in [6.45, 7) is 1.92. The molecule has 0 aliphatic heterocycles. The van der Waals surface area contributed by atoms with E-state index in [2.05, 4.69) is 0 Å². The zero-order valence-electron chi connectivity index (χ0n) is 10.2. The van der Waals surface area contributed by atoms with E-state index in [4.69, 9.17) is 17.3 Å². The highest BCUT2D eigenvalue weighted by Crippen LogP contribution is 2.25. The topological polar surface area (TPSA) is 26.0 Å². The van der Waals surface area contributed by atoms with Crippen molar-refractivity contribution in [3.63, 3.8) is 0 Å². The Hall–Kier alpha value is -1.38. The summed E-state index contributed by atoms with van der Waals surface area (Å²) in [6.07, 6.45) is 0.561. The van der Waals surface area contributed by atoms with E-state index in [1.54, 1.807) is 6.07 Å². The molecule has 0 radical (unpaired) electrons. The van der Waals surface area contributed by atoms with Crippen LogP contribution in [-0.2, 0) is 12.0 Å². The number of rotatable bonds is 3. The molecule has 3 heteroatoms. The van der Waals surface area contributed by atoms with Crippen molar-refractivity contribution in [3.05, 3.63) is 70.5 Å². The largest absolute Gasteiger partial charge is 0.321 e. The summed E-state index contributed by atoms with van der Waals surface area (Å²) < 4.78 is 13.1. The van der Waals surface area contributed by atoms with Crippen LogP contribution in [0.3, 0.4) is 0 Å². The molecule has 1 atom stereocenters. The minimum Gasteiger partial charge on any atom is -0.321 e. The molecule has 0 amide bonds. The van der Waals surface area contributed by atoms with Gasteiger partial charge in [0.2, 0.25) is 0 Å². The second kappa shape index (κ2) is 5.09. The van der Waals surface area contributed by atoms with Crippen LogP contribution in [0.1, 0.15) is 18.1 Å². The lowest BCUT2D eigenvalue weighted by atomic mass is 9.86. The zero-order valence-corrected chi connectivity index (χ0v) is 10.9. The summed E-state index contributed by atoms with van der Waals surface area (Å²) in [5, 5.41) is 0.656. The van der Waals surface area contributed by atoms with Crippen molar-refractivity contribution in [1.29, 1.82) is 0 Å². The van der Waals surface area contributed by atoms with E-state index in [9.17, 15) is 4.39 Å². The summed E-state index contributed by atoms with van der Waals surface area (Å²) in [4.78, 5) is 0. The van der Waals surface area contributed by atoms with Crippen LogP contribution >= 0.6 is 11.6 Å². The van der Waals surface area contributed by atoms with Gasteiger partial charge in [-0.25, -0.2) is 4.39 Å². The lowest BCUT2D eigenvalue weighted by molar-refractivity contribution is 0.489. The molecule has 0 bridgehead atoms. The van der Waals surface area contributed by atoms with Crippen molar-refractivity contribution in [1.82, 2.24) is 0 Å². The summed E-state index contributed by atoms with van der Waals surface area (Å²) >= 11 is 5.96. The Labute approximate surface area is 111 Å². The fraction of sp³-hybridized carbons (Fsp3) is 0.200. The first-order chi connectivity index (χ1) is 8.47. The molecule has 0 saturated carbocycles. The van der Waals surface area contributed by atoms with E-state index < -0.39 is 5.54 Å². The molecule has 2 aromatic rings. The molecule has 0 aromatic heterocycles. The smallest absolute Gasteiger partial charge is 0.123 e. The third-order valence-corrected chi connectivity index (χ3v) is 3.18. The summed E-state index contributed by atoms with van der Waals surface area (Å²) in [6, 6.07) is 14.0. The van der Waals surface area contributed by atoms with Gasteiger partial charge in [0.25, 0.3) is 0 Å². The van der Waals surface area contributed by atoms with Gasteiger partial charge < -0.3 is 5.73 Å². The van der Waals surface area contributed by atoms with E-state index in [1.807, 2.05) is 37.3 Å². The number of hydrogen-bond donors (Lipinski definition) is 1. The maximum absolute atomic E-state index is 13.1. The molecule has 0 fully saturated rings. The lowest BCUT2D eigenvalue weighted by Crippen LogP contribution is -2.35. The number of halogens is 2. The number of hydrogen-bond acceptors (Lipinski definition) is 1. The van der Waals surface area contributed by atoms with Gasteiger partial charge in [-0.15, -0.1) is 0 Å². The van der Waals surface area contributed by atoms with Crippen LogP contribution in [0.4, 0.5) is 4.39 Å². The normalized spacial score (nSPS) is 14.2. The Morgan fingerprint density at radius 1 is 1.17 bits per heavy atom. The van der Waals surface area contributed by atoms with Gasteiger partial charge in [0.05, 0.1) is 0 Å². The Morgan fingerprint density at radius 2 is 1.89 bits per heavy atom. The van der Waals surface area contributed by atoms with Crippen molar-refractivity contribution in [2.75, 3.05) is 0 Å². The van der Waals surface area contributed by atoms with Gasteiger partial charge in [0, 0.05) is 10.6 Å². The Balaban J connectivity index is 2.26. The summed E-state index contributed by atoms with van der Waals surface area (Å²) in [7, 11) is 0. The van der Waals surface area contributed by atoms with Gasteiger partial charge in [0.15, 0.2) is 0 Å². The van der Waals surface area contributed by atoms with Crippen LogP contribution < -0.4 is 5.73 Å². The van der Waals surface area contributed by atoms with Crippen molar-refractivity contribution >= 4 is 11.6 Å². The van der Waals surface area contributed by atoms with Gasteiger partial charge in [-0.3, -0.25) is 0 Å². The van der Waals surface area contributed by atoms with Gasteiger partial charge in [-0.05, 0) is 48.7 Å². The van der Waals surface area contributed by atoms with Crippen LogP contribution in [0.5, 0.6) is 0 Å². The predicted octanol–water partition coefficient (Wildman–Crippen LogP) is 3.90. The van der Waals surface area contributed by atoms with Gasteiger partial charge in [-0.2, -0.15) is 0 Å². The van der Waals surface area contributed by atoms with Crippen LogP contribution in [0, 0.1) is 5.82 Å². The molecule has 0 heterocycles. The summed E-state index contributed by atoms with van der Waals surface area (Å²) in [5.41, 5.74) is 7.56. The molecule has 0 saturated heterocycles. The molecule has 1 nitrogen and oxygen atoms in total. The third-order valence-electron chi connectivity index (χ3n) is 2.94. The van der Waals surface area contributed by atoms with Crippen LogP contribution in [0.2, 0.25) is 5.02 Å². The molecule has 94 valence electrons. The molecule has 2 aromatic carbocycles. The second-order valence-corrected chi connectivity index (χ2v) is 5.17. The maximum atomic E-state index is 13.1. The van der Waals surface area contributed by atoms with E-state index in [0.717, 1.165) is 11.1 Å². The Kier molecular flexibility index (Phi) is 3.69. The molecule has 2 rings (SSSR count). The van der Waals surface area contributed by atoms with E-state index >= 15 is 0 Å². The first kappa shape index (κ1) is 13.1. The number of nitrogens with two attached hydrogens (primary N) is 1. The first-order valence-electron chi connectivity index (χ1n) is 5.77. The molecule has 2 N–H and O–H groups in total. The van der Waals surface area contributed by atoms with Crippen LogP contribution in [-0.4, -0.2) is 0 Å². The molecular formula is C15H15ClFN. The maximum Gasteiger partial charge on any atom is 0.123 e. The fourth-order valence-electron chi connectivity index (χ4n) is 2.02. The van der Waals surface area contributed by atoms with Crippen molar-refractivity contribution in [2.24, 2.45) is 5.73 Å². The highest BCUT2D eigenvalue weighted by molar-refractivity contribution is 6.30. The third kappa shape index (κ3) is 3.09. The zero-order chi connectivity index (χ0) is 13.2. The monoisotopic (exact) mass is 263 g/mol. The molecule has 0 aliphatic rings. The molecular weight excluding hydrogens is 249 g/mol. The van der Waals surface area contributed by atoms with Crippen LogP contribution in [0.25, 0.3) is 0 Å². The predicted molar refractivity (Wildman–Crippen MR) is 73.1 cm³/mol. The molecule has 0 aliphatic carbocycles. The van der Waals surface area contributed by atoms with Crippen molar-refractivity contribution in [3.8, 4) is 0 Å². The quantitative estimate of drug-likeness (QED) is 0.893. The average Bonchev–Trinajstić information content (AvgIpc) is 2.28. The van der Waals surface area contributed by atoms with Gasteiger partial charge in [0.1, 0.15) is 5.82 Å². The van der Waals surface area contributed by atoms with E-state index in [-0.39, 0.29) is 5.82 Å². The fourth-order valence-corrected chi connectivity index (χ4v) is 2.21. The Bertz CT molecular complexity index is 552. The van der Waals surface area contributed by atoms with Gasteiger partial charge >= 0.3 is 0 Å². The van der Waals surface area contributed by atoms with Crippen LogP contribution in [0.15, 0.2) is 48.5 Å². The molecule has 1 unspecified atom stereocenters. The lowest BCUT2D eigenvalue weighted by Gasteiger charge is -2.25. The van der Waals surface area contributed by atoms with E-state index in [1.165, 1.54) is 12.1 Å². The minimum atomic E-state index is -0.571.